The molecule has 0 spiro atoms. The first kappa shape index (κ1) is 26.7. The third-order valence-electron chi connectivity index (χ3n) is 4.80. The number of carbonyl (C=O) groups excluding carboxylic acids is 4. The Morgan fingerprint density at radius 3 is 2.44 bits per heavy atom. The summed E-state index contributed by atoms with van der Waals surface area (Å²) in [6.07, 6.45) is -0.412. The zero-order valence-electron chi connectivity index (χ0n) is 19.5. The molecule has 4 N–H and O–H groups in total. The number of ether oxygens (including phenoxy) is 4. The zero-order valence-corrected chi connectivity index (χ0v) is 19.5. The van der Waals surface area contributed by atoms with Gasteiger partial charge in [0, 0.05) is 36.9 Å². The van der Waals surface area contributed by atoms with Gasteiger partial charge in [-0.3, -0.25) is 9.59 Å². The average molecular weight is 478 g/mol. The van der Waals surface area contributed by atoms with E-state index in [9.17, 15) is 19.2 Å². The standard InChI is InChI=1S/C23H31N3O8/c1-4-31-21(28)17(24)10-11-20(27)26-19(22(29)33-14(3)34-23(30)32-5-2)12-15-13-25-18-9-7-6-8-16(15)18/h6-9,13-14,17,19,25H,4-5,10-12,24H2,1-3H3,(H,26,27)/t14?,17-,19-/m1/s1. The third-order valence-corrected chi connectivity index (χ3v) is 4.80. The summed E-state index contributed by atoms with van der Waals surface area (Å²) in [6, 6.07) is 5.46. The minimum absolute atomic E-state index is 0.0435. The first-order valence-electron chi connectivity index (χ1n) is 11.1. The average Bonchev–Trinajstić information content (AvgIpc) is 3.20. The van der Waals surface area contributed by atoms with Crippen LogP contribution in [0.25, 0.3) is 10.9 Å². The van der Waals surface area contributed by atoms with Crippen LogP contribution in [-0.2, 0) is 39.8 Å². The first-order valence-corrected chi connectivity index (χ1v) is 11.1. The van der Waals surface area contributed by atoms with E-state index in [1.54, 1.807) is 20.0 Å². The number of aromatic amines is 1. The fraction of sp³-hybridized carbons (Fsp3) is 0.478. The van der Waals surface area contributed by atoms with E-state index in [4.69, 9.17) is 19.9 Å². The molecule has 0 saturated heterocycles. The number of nitrogens with two attached hydrogens (primary N) is 1. The number of esters is 2. The molecule has 1 unspecified atom stereocenters. The summed E-state index contributed by atoms with van der Waals surface area (Å²) in [5.74, 6) is -1.90. The molecule has 186 valence electrons. The summed E-state index contributed by atoms with van der Waals surface area (Å²) in [7, 11) is 0. The second-order valence-corrected chi connectivity index (χ2v) is 7.39. The summed E-state index contributed by atoms with van der Waals surface area (Å²) < 4.78 is 19.6. The number of carbonyl (C=O) groups is 4. The quantitative estimate of drug-likeness (QED) is 0.236. The SMILES string of the molecule is CCOC(=O)OC(C)OC(=O)[C@@H](Cc1c[nH]c2ccccc12)NC(=O)CC[C@@H](N)C(=O)OCC. The van der Waals surface area contributed by atoms with Gasteiger partial charge in [0.15, 0.2) is 0 Å². The Kier molecular flexibility index (Phi) is 10.3. The Morgan fingerprint density at radius 2 is 1.74 bits per heavy atom. The maximum atomic E-state index is 12.8. The number of amides is 1. The molecule has 0 aliphatic heterocycles. The minimum Gasteiger partial charge on any atom is -0.465 e. The van der Waals surface area contributed by atoms with Gasteiger partial charge in [-0.25, -0.2) is 9.59 Å². The lowest BCUT2D eigenvalue weighted by atomic mass is 10.0. The molecule has 0 saturated carbocycles. The van der Waals surface area contributed by atoms with E-state index in [1.165, 1.54) is 6.92 Å². The number of nitrogens with one attached hydrogen (secondary N) is 2. The molecule has 1 heterocycles. The van der Waals surface area contributed by atoms with Crippen LogP contribution >= 0.6 is 0 Å². The van der Waals surface area contributed by atoms with Crippen LogP contribution < -0.4 is 11.1 Å². The largest absolute Gasteiger partial charge is 0.511 e. The maximum Gasteiger partial charge on any atom is 0.511 e. The Hall–Kier alpha value is -3.60. The Labute approximate surface area is 197 Å². The summed E-state index contributed by atoms with van der Waals surface area (Å²) >= 11 is 0. The molecule has 2 aromatic rings. The number of aromatic nitrogens is 1. The van der Waals surface area contributed by atoms with Crippen LogP contribution in [-0.4, -0.2) is 60.6 Å². The molecule has 0 radical (unpaired) electrons. The lowest BCUT2D eigenvalue weighted by Gasteiger charge is -2.20. The summed E-state index contributed by atoms with van der Waals surface area (Å²) in [6.45, 7) is 4.91. The predicted molar refractivity (Wildman–Crippen MR) is 121 cm³/mol. The fourth-order valence-electron chi connectivity index (χ4n) is 3.19. The van der Waals surface area contributed by atoms with E-state index in [0.717, 1.165) is 16.5 Å². The topological polar surface area (TPSA) is 159 Å². The lowest BCUT2D eigenvalue weighted by molar-refractivity contribution is -0.171. The van der Waals surface area contributed by atoms with Gasteiger partial charge < -0.3 is 35.0 Å². The van der Waals surface area contributed by atoms with Crippen LogP contribution in [0.4, 0.5) is 4.79 Å². The van der Waals surface area contributed by atoms with Crippen molar-refractivity contribution in [3.05, 3.63) is 36.0 Å². The molecule has 0 aliphatic carbocycles. The van der Waals surface area contributed by atoms with Crippen molar-refractivity contribution in [2.45, 2.75) is 58.4 Å². The number of rotatable bonds is 12. The molecule has 11 heteroatoms. The monoisotopic (exact) mass is 477 g/mol. The molecule has 0 fully saturated rings. The molecule has 34 heavy (non-hydrogen) atoms. The van der Waals surface area contributed by atoms with E-state index < -0.39 is 42.4 Å². The number of hydrogen-bond acceptors (Lipinski definition) is 9. The van der Waals surface area contributed by atoms with Gasteiger partial charge in [-0.2, -0.15) is 0 Å². The number of fused-ring (bicyclic) bond motifs is 1. The van der Waals surface area contributed by atoms with Gasteiger partial charge in [0.1, 0.15) is 12.1 Å². The van der Waals surface area contributed by atoms with Crippen LogP contribution in [0.3, 0.4) is 0 Å². The van der Waals surface area contributed by atoms with Crippen LogP contribution in [0, 0.1) is 0 Å². The smallest absolute Gasteiger partial charge is 0.465 e. The van der Waals surface area contributed by atoms with Crippen molar-refractivity contribution in [3.8, 4) is 0 Å². The van der Waals surface area contributed by atoms with Crippen molar-refractivity contribution >= 4 is 34.9 Å². The van der Waals surface area contributed by atoms with E-state index >= 15 is 0 Å². The fourth-order valence-corrected chi connectivity index (χ4v) is 3.19. The molecule has 1 amide bonds. The van der Waals surface area contributed by atoms with E-state index in [1.807, 2.05) is 24.3 Å². The highest BCUT2D eigenvalue weighted by atomic mass is 16.8. The van der Waals surface area contributed by atoms with E-state index in [0.29, 0.717) is 0 Å². The predicted octanol–water partition coefficient (Wildman–Crippen LogP) is 1.93. The number of para-hydroxylation sites is 1. The van der Waals surface area contributed by atoms with Crippen LogP contribution in [0.1, 0.15) is 39.2 Å². The summed E-state index contributed by atoms with van der Waals surface area (Å²) in [5.41, 5.74) is 7.39. The molecule has 3 atom stereocenters. The van der Waals surface area contributed by atoms with Crippen molar-refractivity contribution in [2.24, 2.45) is 5.73 Å². The van der Waals surface area contributed by atoms with Crippen molar-refractivity contribution in [2.75, 3.05) is 13.2 Å². The highest BCUT2D eigenvalue weighted by Gasteiger charge is 2.27. The van der Waals surface area contributed by atoms with Crippen LogP contribution in [0.5, 0.6) is 0 Å². The van der Waals surface area contributed by atoms with Crippen molar-refractivity contribution in [1.82, 2.24) is 10.3 Å². The first-order chi connectivity index (χ1) is 16.2. The molecule has 1 aromatic carbocycles. The Bertz CT molecular complexity index is 990. The Morgan fingerprint density at radius 1 is 1.03 bits per heavy atom. The minimum atomic E-state index is -1.23. The number of hydrogen-bond donors (Lipinski definition) is 3. The molecule has 0 aliphatic rings. The molecular weight excluding hydrogens is 446 g/mol. The summed E-state index contributed by atoms with van der Waals surface area (Å²) in [5, 5.41) is 3.51. The van der Waals surface area contributed by atoms with Crippen molar-refractivity contribution in [1.29, 1.82) is 0 Å². The maximum absolute atomic E-state index is 12.8. The molecular formula is C23H31N3O8. The van der Waals surface area contributed by atoms with Crippen molar-refractivity contribution in [3.63, 3.8) is 0 Å². The number of H-pyrrole nitrogens is 1. The second-order valence-electron chi connectivity index (χ2n) is 7.39. The highest BCUT2D eigenvalue weighted by molar-refractivity contribution is 5.87. The molecule has 0 bridgehead atoms. The van der Waals surface area contributed by atoms with Gasteiger partial charge in [-0.1, -0.05) is 18.2 Å². The van der Waals surface area contributed by atoms with Gasteiger partial charge in [0.05, 0.1) is 13.2 Å². The highest BCUT2D eigenvalue weighted by Crippen LogP contribution is 2.20. The van der Waals surface area contributed by atoms with Gasteiger partial charge >= 0.3 is 18.1 Å². The second kappa shape index (κ2) is 13.2. The third kappa shape index (κ3) is 8.07. The van der Waals surface area contributed by atoms with Gasteiger partial charge in [-0.15, -0.1) is 0 Å². The molecule has 1 aromatic heterocycles. The van der Waals surface area contributed by atoms with Gasteiger partial charge in [-0.05, 0) is 31.9 Å². The molecule has 11 nitrogen and oxygen atoms in total. The Balaban J connectivity index is 2.08. The van der Waals surface area contributed by atoms with Gasteiger partial charge in [0.25, 0.3) is 0 Å². The van der Waals surface area contributed by atoms with Crippen molar-refractivity contribution < 1.29 is 38.1 Å². The lowest BCUT2D eigenvalue weighted by Crippen LogP contribution is -2.45. The summed E-state index contributed by atoms with van der Waals surface area (Å²) in [4.78, 5) is 51.6. The van der Waals surface area contributed by atoms with Gasteiger partial charge in [0.2, 0.25) is 12.2 Å². The van der Waals surface area contributed by atoms with Crippen LogP contribution in [0.2, 0.25) is 0 Å². The number of benzene rings is 1. The molecule has 2 rings (SSSR count). The van der Waals surface area contributed by atoms with E-state index in [2.05, 4.69) is 15.0 Å². The van der Waals surface area contributed by atoms with Crippen LogP contribution in [0.15, 0.2) is 30.5 Å². The normalized spacial score (nSPS) is 13.4. The zero-order chi connectivity index (χ0) is 25.1. The van der Waals surface area contributed by atoms with E-state index in [-0.39, 0.29) is 32.5 Å².